The predicted molar refractivity (Wildman–Crippen MR) is 90.4 cm³/mol. The maximum absolute atomic E-state index is 5.73. The van der Waals surface area contributed by atoms with Gasteiger partial charge in [-0.15, -0.1) is 0 Å². The molecule has 0 atom stereocenters. The molecule has 0 amide bonds. The fraction of sp³-hybridized carbons (Fsp3) is 0.588. The predicted octanol–water partition coefficient (Wildman–Crippen LogP) is 4.64. The van der Waals surface area contributed by atoms with Crippen molar-refractivity contribution >= 4 is 17.2 Å². The Morgan fingerprint density at radius 2 is 1.60 bits per heavy atom. The third kappa shape index (κ3) is 8.16. The molecule has 2 N–H and O–H groups in total. The minimum absolute atomic E-state index is 0.529. The molecule has 0 saturated carbocycles. The zero-order valence-electron chi connectivity index (χ0n) is 12.6. The highest BCUT2D eigenvalue weighted by Gasteiger charge is 1.97. The lowest BCUT2D eigenvalue weighted by Gasteiger charge is -2.07. The summed E-state index contributed by atoms with van der Waals surface area (Å²) in [4.78, 5) is 0.529. The van der Waals surface area contributed by atoms with Gasteiger partial charge in [0.25, 0.3) is 0 Å². The monoisotopic (exact) mass is 293 g/mol. The van der Waals surface area contributed by atoms with Crippen LogP contribution in [0.2, 0.25) is 0 Å². The Hall–Kier alpha value is -1.09. The molecule has 0 saturated heterocycles. The fourth-order valence-corrected chi connectivity index (χ4v) is 2.32. The van der Waals surface area contributed by atoms with E-state index in [0.717, 1.165) is 24.3 Å². The Bertz CT molecular complexity index is 375. The van der Waals surface area contributed by atoms with E-state index in [4.69, 9.17) is 22.7 Å². The van der Waals surface area contributed by atoms with Gasteiger partial charge in [0.2, 0.25) is 0 Å². The summed E-state index contributed by atoms with van der Waals surface area (Å²) in [7, 11) is 0. The van der Waals surface area contributed by atoms with Crippen LogP contribution in [0, 0.1) is 0 Å². The number of hydrogen-bond donors (Lipinski definition) is 1. The Balaban J connectivity index is 2.08. The van der Waals surface area contributed by atoms with E-state index in [9.17, 15) is 0 Å². The number of hydrogen-bond acceptors (Lipinski definition) is 2. The minimum Gasteiger partial charge on any atom is -0.494 e. The van der Waals surface area contributed by atoms with Gasteiger partial charge in [0.1, 0.15) is 5.75 Å². The minimum atomic E-state index is 0.529. The number of nitrogens with two attached hydrogens (primary N) is 1. The fourth-order valence-electron chi connectivity index (χ4n) is 2.15. The van der Waals surface area contributed by atoms with Crippen LogP contribution in [0.15, 0.2) is 24.3 Å². The van der Waals surface area contributed by atoms with Crippen molar-refractivity contribution in [3.05, 3.63) is 29.8 Å². The molecule has 0 aliphatic heterocycles. The van der Waals surface area contributed by atoms with Crippen molar-refractivity contribution in [2.24, 2.45) is 5.73 Å². The smallest absolute Gasteiger partial charge is 0.119 e. The van der Waals surface area contributed by atoms with Crippen LogP contribution >= 0.6 is 12.2 Å². The van der Waals surface area contributed by atoms with Crippen molar-refractivity contribution in [3.63, 3.8) is 0 Å². The van der Waals surface area contributed by atoms with Crippen molar-refractivity contribution in [1.82, 2.24) is 0 Å². The Morgan fingerprint density at radius 1 is 1.00 bits per heavy atom. The molecule has 0 spiro atoms. The van der Waals surface area contributed by atoms with E-state index in [2.05, 4.69) is 6.92 Å². The van der Waals surface area contributed by atoms with Crippen LogP contribution in [0.5, 0.6) is 5.75 Å². The molecule has 112 valence electrons. The third-order valence-electron chi connectivity index (χ3n) is 3.32. The molecule has 0 aliphatic carbocycles. The van der Waals surface area contributed by atoms with Gasteiger partial charge in [-0.05, 0) is 24.1 Å². The Morgan fingerprint density at radius 3 is 2.20 bits per heavy atom. The van der Waals surface area contributed by atoms with Crippen molar-refractivity contribution < 1.29 is 4.74 Å². The molecule has 0 aliphatic rings. The maximum Gasteiger partial charge on any atom is 0.119 e. The topological polar surface area (TPSA) is 35.2 Å². The van der Waals surface area contributed by atoms with E-state index in [1.165, 1.54) is 38.5 Å². The zero-order valence-corrected chi connectivity index (χ0v) is 13.4. The van der Waals surface area contributed by atoms with E-state index in [1.807, 2.05) is 24.3 Å². The second-order valence-electron chi connectivity index (χ2n) is 5.26. The van der Waals surface area contributed by atoms with Gasteiger partial charge in [0.05, 0.1) is 11.6 Å². The lowest BCUT2D eigenvalue weighted by Crippen LogP contribution is -2.10. The van der Waals surface area contributed by atoms with Crippen molar-refractivity contribution in [1.29, 1.82) is 0 Å². The molecule has 0 heterocycles. The van der Waals surface area contributed by atoms with Crippen molar-refractivity contribution in [2.45, 2.75) is 58.3 Å². The van der Waals surface area contributed by atoms with Gasteiger partial charge in [0, 0.05) is 6.42 Å². The average Bonchev–Trinajstić information content (AvgIpc) is 2.43. The van der Waals surface area contributed by atoms with E-state index in [-0.39, 0.29) is 0 Å². The van der Waals surface area contributed by atoms with Gasteiger partial charge in [-0.3, -0.25) is 0 Å². The van der Waals surface area contributed by atoms with Gasteiger partial charge in [-0.1, -0.05) is 69.8 Å². The Kier molecular flexibility index (Phi) is 9.05. The van der Waals surface area contributed by atoms with Gasteiger partial charge >= 0.3 is 0 Å². The molecule has 2 nitrogen and oxygen atoms in total. The van der Waals surface area contributed by atoms with Crippen LogP contribution in [0.1, 0.15) is 57.4 Å². The molecule has 0 aromatic heterocycles. The van der Waals surface area contributed by atoms with Crippen LogP contribution in [-0.2, 0) is 6.42 Å². The number of unbranched alkanes of at least 4 members (excludes halogenated alkanes) is 6. The van der Waals surface area contributed by atoms with Gasteiger partial charge < -0.3 is 10.5 Å². The standard InChI is InChI=1S/C17H27NOS/c1-2-3-4-5-6-7-8-13-19-16-11-9-15(10-12-16)14-17(18)20/h9-12H,2-8,13-14H2,1H3,(H2,18,20). The number of ether oxygens (including phenoxy) is 1. The summed E-state index contributed by atoms with van der Waals surface area (Å²) >= 11 is 4.89. The molecule has 0 radical (unpaired) electrons. The quantitative estimate of drug-likeness (QED) is 0.476. The summed E-state index contributed by atoms with van der Waals surface area (Å²) in [5, 5.41) is 0. The van der Waals surface area contributed by atoms with E-state index in [0.29, 0.717) is 11.4 Å². The molecular formula is C17H27NOS. The first-order valence-corrected chi connectivity index (χ1v) is 8.13. The largest absolute Gasteiger partial charge is 0.494 e. The van der Waals surface area contributed by atoms with Gasteiger partial charge in [0.15, 0.2) is 0 Å². The summed E-state index contributed by atoms with van der Waals surface area (Å²) < 4.78 is 5.73. The molecule has 1 aromatic carbocycles. The Labute approximate surface area is 128 Å². The lowest BCUT2D eigenvalue weighted by atomic mass is 10.1. The molecule has 3 heteroatoms. The van der Waals surface area contributed by atoms with Crippen LogP contribution in [0.25, 0.3) is 0 Å². The SMILES string of the molecule is CCCCCCCCCOc1ccc(CC(N)=S)cc1. The lowest BCUT2D eigenvalue weighted by molar-refractivity contribution is 0.304. The molecule has 20 heavy (non-hydrogen) atoms. The molecule has 0 fully saturated rings. The number of rotatable bonds is 11. The second-order valence-corrected chi connectivity index (χ2v) is 5.78. The maximum atomic E-state index is 5.73. The first-order valence-electron chi connectivity index (χ1n) is 7.72. The normalized spacial score (nSPS) is 10.4. The van der Waals surface area contributed by atoms with Crippen LogP contribution in [0.4, 0.5) is 0 Å². The highest BCUT2D eigenvalue weighted by atomic mass is 32.1. The first-order chi connectivity index (χ1) is 9.72. The molecular weight excluding hydrogens is 266 g/mol. The molecule has 0 bridgehead atoms. The van der Waals surface area contributed by atoms with Gasteiger partial charge in [-0.2, -0.15) is 0 Å². The van der Waals surface area contributed by atoms with E-state index < -0.39 is 0 Å². The van der Waals surface area contributed by atoms with Crippen LogP contribution in [-0.4, -0.2) is 11.6 Å². The van der Waals surface area contributed by atoms with Gasteiger partial charge in [-0.25, -0.2) is 0 Å². The third-order valence-corrected chi connectivity index (χ3v) is 3.46. The van der Waals surface area contributed by atoms with E-state index in [1.54, 1.807) is 0 Å². The number of thiocarbonyl (C=S) groups is 1. The van der Waals surface area contributed by atoms with Crippen molar-refractivity contribution in [3.8, 4) is 5.75 Å². The molecule has 0 unspecified atom stereocenters. The first kappa shape index (κ1) is 17.0. The molecule has 1 rings (SSSR count). The molecule has 1 aromatic rings. The average molecular weight is 293 g/mol. The summed E-state index contributed by atoms with van der Waals surface area (Å²) in [6.07, 6.45) is 9.82. The second kappa shape index (κ2) is 10.7. The summed E-state index contributed by atoms with van der Waals surface area (Å²) in [5.41, 5.74) is 6.66. The number of benzene rings is 1. The highest BCUT2D eigenvalue weighted by molar-refractivity contribution is 7.80. The summed E-state index contributed by atoms with van der Waals surface area (Å²) in [6.45, 7) is 3.06. The zero-order chi connectivity index (χ0) is 14.6. The van der Waals surface area contributed by atoms with Crippen LogP contribution < -0.4 is 10.5 Å². The van der Waals surface area contributed by atoms with E-state index >= 15 is 0 Å². The summed E-state index contributed by atoms with van der Waals surface area (Å²) in [6, 6.07) is 8.04. The van der Waals surface area contributed by atoms with Crippen molar-refractivity contribution in [2.75, 3.05) is 6.61 Å². The highest BCUT2D eigenvalue weighted by Crippen LogP contribution is 2.14. The van der Waals surface area contributed by atoms with Crippen LogP contribution in [0.3, 0.4) is 0 Å². The summed E-state index contributed by atoms with van der Waals surface area (Å²) in [5.74, 6) is 0.933.